The van der Waals surface area contributed by atoms with Crippen molar-refractivity contribution in [1.82, 2.24) is 10.2 Å². The molecule has 0 aliphatic carbocycles. The maximum absolute atomic E-state index is 12.3. The molecule has 2 aliphatic rings. The Balaban J connectivity index is 1.59. The normalized spacial score (nSPS) is 24.5. The lowest BCUT2D eigenvalue weighted by Gasteiger charge is -2.38. The van der Waals surface area contributed by atoms with Gasteiger partial charge >= 0.3 is 0 Å². The maximum Gasteiger partial charge on any atom is 0.234 e. The summed E-state index contributed by atoms with van der Waals surface area (Å²) in [5.74, 6) is 0.0425. The Morgan fingerprint density at radius 2 is 2.04 bits per heavy atom. The fourth-order valence-electron chi connectivity index (χ4n) is 3.60. The average molecular weight is 318 g/mol. The molecule has 5 nitrogen and oxygen atoms in total. The Morgan fingerprint density at radius 3 is 2.70 bits per heavy atom. The highest BCUT2D eigenvalue weighted by Gasteiger charge is 2.35. The molecule has 2 N–H and O–H groups in total. The van der Waals surface area contributed by atoms with Gasteiger partial charge in [-0.25, -0.2) is 0 Å². The molecule has 5 heteroatoms. The van der Waals surface area contributed by atoms with E-state index in [2.05, 4.69) is 29.6 Å². The van der Waals surface area contributed by atoms with Crippen LogP contribution in [0.2, 0.25) is 0 Å². The first-order chi connectivity index (χ1) is 11.2. The number of aliphatic hydroxyl groups is 1. The summed E-state index contributed by atoms with van der Waals surface area (Å²) in [6, 6.07) is 10.4. The molecule has 23 heavy (non-hydrogen) atoms. The third-order valence-corrected chi connectivity index (χ3v) is 5.07. The molecular formula is C18H26N2O3. The first-order valence-electron chi connectivity index (χ1n) is 8.48. The van der Waals surface area contributed by atoms with Gasteiger partial charge in [-0.05, 0) is 24.8 Å². The van der Waals surface area contributed by atoms with E-state index in [1.54, 1.807) is 0 Å². The van der Waals surface area contributed by atoms with Crippen molar-refractivity contribution in [3.8, 4) is 0 Å². The molecule has 0 spiro atoms. The third kappa shape index (κ3) is 4.10. The molecule has 0 bridgehead atoms. The smallest absolute Gasteiger partial charge is 0.234 e. The second kappa shape index (κ2) is 7.43. The second-order valence-electron chi connectivity index (χ2n) is 6.71. The second-order valence-corrected chi connectivity index (χ2v) is 6.71. The minimum Gasteiger partial charge on any atom is -0.392 e. The predicted octanol–water partition coefficient (Wildman–Crippen LogP) is 0.918. The molecule has 2 saturated heterocycles. The van der Waals surface area contributed by atoms with Crippen molar-refractivity contribution in [1.29, 1.82) is 0 Å². The lowest BCUT2D eigenvalue weighted by Crippen LogP contribution is -2.46. The van der Waals surface area contributed by atoms with E-state index in [0.29, 0.717) is 19.6 Å². The zero-order valence-corrected chi connectivity index (χ0v) is 13.5. The van der Waals surface area contributed by atoms with Crippen molar-refractivity contribution < 1.29 is 14.6 Å². The minimum absolute atomic E-state index is 0.0281. The largest absolute Gasteiger partial charge is 0.392 e. The van der Waals surface area contributed by atoms with Crippen LogP contribution in [0.5, 0.6) is 0 Å². The zero-order valence-electron chi connectivity index (χ0n) is 13.5. The van der Waals surface area contributed by atoms with Gasteiger partial charge in [-0.1, -0.05) is 30.3 Å². The van der Waals surface area contributed by atoms with Crippen molar-refractivity contribution in [2.45, 2.75) is 30.8 Å². The number of hydrogen-bond donors (Lipinski definition) is 2. The van der Waals surface area contributed by atoms with E-state index in [1.165, 1.54) is 5.56 Å². The topological polar surface area (TPSA) is 61.8 Å². The lowest BCUT2D eigenvalue weighted by atomic mass is 9.74. The van der Waals surface area contributed by atoms with Gasteiger partial charge in [0.25, 0.3) is 0 Å². The lowest BCUT2D eigenvalue weighted by molar-refractivity contribution is -0.122. The van der Waals surface area contributed by atoms with E-state index in [-0.39, 0.29) is 17.4 Å². The molecular weight excluding hydrogens is 292 g/mol. The first kappa shape index (κ1) is 16.4. The van der Waals surface area contributed by atoms with Crippen LogP contribution < -0.4 is 5.32 Å². The Morgan fingerprint density at radius 1 is 1.30 bits per heavy atom. The number of nitrogens with zero attached hydrogens (tertiary/aromatic N) is 1. The summed E-state index contributed by atoms with van der Waals surface area (Å²) in [5.41, 5.74) is 1.25. The van der Waals surface area contributed by atoms with E-state index in [4.69, 9.17) is 4.74 Å². The molecule has 1 amide bonds. The van der Waals surface area contributed by atoms with Crippen LogP contribution in [-0.2, 0) is 14.9 Å². The Hall–Kier alpha value is -1.43. The van der Waals surface area contributed by atoms with Crippen molar-refractivity contribution in [3.05, 3.63) is 35.9 Å². The van der Waals surface area contributed by atoms with Crippen LogP contribution in [0.25, 0.3) is 0 Å². The molecule has 126 valence electrons. The van der Waals surface area contributed by atoms with Crippen LogP contribution in [0.4, 0.5) is 0 Å². The fourth-order valence-corrected chi connectivity index (χ4v) is 3.60. The van der Waals surface area contributed by atoms with Crippen LogP contribution in [0.3, 0.4) is 0 Å². The van der Waals surface area contributed by atoms with Crippen molar-refractivity contribution in [2.75, 3.05) is 39.4 Å². The summed E-state index contributed by atoms with van der Waals surface area (Å²) in [6.45, 7) is 3.90. The molecule has 0 radical (unpaired) electrons. The van der Waals surface area contributed by atoms with Crippen molar-refractivity contribution >= 4 is 5.91 Å². The van der Waals surface area contributed by atoms with Gasteiger partial charge in [-0.2, -0.15) is 0 Å². The Kier molecular flexibility index (Phi) is 5.30. The summed E-state index contributed by atoms with van der Waals surface area (Å²) < 4.78 is 5.52. The Bertz CT molecular complexity index is 514. The van der Waals surface area contributed by atoms with E-state index in [9.17, 15) is 9.90 Å². The van der Waals surface area contributed by atoms with Crippen LogP contribution in [0, 0.1) is 0 Å². The van der Waals surface area contributed by atoms with Gasteiger partial charge in [0.15, 0.2) is 0 Å². The summed E-state index contributed by atoms with van der Waals surface area (Å²) in [6.07, 6.45) is 2.34. The van der Waals surface area contributed by atoms with E-state index < -0.39 is 0 Å². The summed E-state index contributed by atoms with van der Waals surface area (Å²) in [5, 5.41) is 12.7. The summed E-state index contributed by atoms with van der Waals surface area (Å²) >= 11 is 0. The number of rotatable bonds is 5. The van der Waals surface area contributed by atoms with Crippen LogP contribution in [0.15, 0.2) is 30.3 Å². The number of hydrogen-bond acceptors (Lipinski definition) is 4. The van der Waals surface area contributed by atoms with Crippen LogP contribution in [0.1, 0.15) is 24.8 Å². The van der Waals surface area contributed by atoms with Crippen molar-refractivity contribution in [3.63, 3.8) is 0 Å². The highest BCUT2D eigenvalue weighted by Crippen LogP contribution is 2.34. The number of β-amino-alcohol motifs (C(OH)–C–C–N with tert-alkyl or cyclic N) is 1. The van der Waals surface area contributed by atoms with Crippen molar-refractivity contribution in [2.24, 2.45) is 0 Å². The Labute approximate surface area is 137 Å². The minimum atomic E-state index is -0.283. The van der Waals surface area contributed by atoms with Gasteiger partial charge in [-0.3, -0.25) is 9.69 Å². The van der Waals surface area contributed by atoms with Crippen LogP contribution in [-0.4, -0.2) is 61.4 Å². The number of benzene rings is 1. The number of amides is 1. The molecule has 3 rings (SSSR count). The number of nitrogens with one attached hydrogen (secondary N) is 1. The molecule has 1 aromatic rings. The number of aliphatic hydroxyl groups excluding tert-OH is 1. The van der Waals surface area contributed by atoms with Gasteiger partial charge in [0.1, 0.15) is 0 Å². The number of carbonyl (C=O) groups excluding carboxylic acids is 1. The molecule has 2 aliphatic heterocycles. The van der Waals surface area contributed by atoms with Gasteiger partial charge in [0, 0.05) is 38.3 Å². The monoisotopic (exact) mass is 318 g/mol. The highest BCUT2D eigenvalue weighted by molar-refractivity contribution is 5.78. The van der Waals surface area contributed by atoms with Crippen LogP contribution >= 0.6 is 0 Å². The van der Waals surface area contributed by atoms with Gasteiger partial charge in [0.2, 0.25) is 5.91 Å². The molecule has 1 atom stereocenters. The van der Waals surface area contributed by atoms with Gasteiger partial charge in [0.05, 0.1) is 12.6 Å². The fraction of sp³-hybridized carbons (Fsp3) is 0.611. The van der Waals surface area contributed by atoms with E-state index in [0.717, 1.165) is 39.0 Å². The predicted molar refractivity (Wildman–Crippen MR) is 88.2 cm³/mol. The first-order valence-corrected chi connectivity index (χ1v) is 8.48. The summed E-state index contributed by atoms with van der Waals surface area (Å²) in [4.78, 5) is 14.3. The molecule has 2 fully saturated rings. The molecule has 0 saturated carbocycles. The molecule has 0 unspecified atom stereocenters. The number of ether oxygens (including phenoxy) is 1. The standard InChI is InChI=1S/C18H26N2O3/c21-16-6-9-20(12-16)13-17(22)19-14-18(7-10-23-11-8-18)15-4-2-1-3-5-15/h1-5,16,21H,6-14H2,(H,19,22)/t16-/m1/s1. The molecule has 0 aromatic heterocycles. The SMILES string of the molecule is O=C(CN1CC[C@@H](O)C1)NCC1(c2ccccc2)CCOCC1. The maximum atomic E-state index is 12.3. The summed E-state index contributed by atoms with van der Waals surface area (Å²) in [7, 11) is 0. The zero-order chi connectivity index (χ0) is 16.1. The van der Waals surface area contributed by atoms with Gasteiger partial charge < -0.3 is 15.2 Å². The van der Waals surface area contributed by atoms with E-state index in [1.807, 2.05) is 11.0 Å². The molecule has 2 heterocycles. The quantitative estimate of drug-likeness (QED) is 0.847. The van der Waals surface area contributed by atoms with Gasteiger partial charge in [-0.15, -0.1) is 0 Å². The average Bonchev–Trinajstić information content (AvgIpc) is 2.99. The third-order valence-electron chi connectivity index (χ3n) is 5.07. The number of likely N-dealkylation sites (tertiary alicyclic amines) is 1. The van der Waals surface area contributed by atoms with E-state index >= 15 is 0 Å². The number of carbonyl (C=O) groups is 1. The highest BCUT2D eigenvalue weighted by atomic mass is 16.5. The molecule has 1 aromatic carbocycles.